The van der Waals surface area contributed by atoms with Gasteiger partial charge in [0.25, 0.3) is 0 Å². The minimum Gasteiger partial charge on any atom is -0.298 e. The maximum atomic E-state index is 12.7. The standard InChI is InChI=1S/C15H17NO3S/c1-10-3-6-14(11(2)9-10)20(18,19)15-12(7-8-16)4-5-13(15)17/h3,6,9,12,15H,4-5,7H2,1-2H3/t12-,15-/m1/s1. The highest BCUT2D eigenvalue weighted by atomic mass is 32.2. The van der Waals surface area contributed by atoms with Crippen molar-refractivity contribution < 1.29 is 13.2 Å². The van der Waals surface area contributed by atoms with E-state index < -0.39 is 15.1 Å². The predicted molar refractivity (Wildman–Crippen MR) is 74.9 cm³/mol. The number of rotatable bonds is 3. The Labute approximate surface area is 119 Å². The Morgan fingerprint density at radius 1 is 1.35 bits per heavy atom. The molecule has 0 N–H and O–H groups in total. The van der Waals surface area contributed by atoms with Crippen molar-refractivity contribution in [1.82, 2.24) is 0 Å². The second-order valence-electron chi connectivity index (χ2n) is 5.36. The second kappa shape index (κ2) is 5.37. The molecule has 2 rings (SSSR count). The van der Waals surface area contributed by atoms with Gasteiger partial charge in [0.15, 0.2) is 15.6 Å². The first-order valence-electron chi connectivity index (χ1n) is 6.58. The van der Waals surface area contributed by atoms with Crippen LogP contribution in [0.25, 0.3) is 0 Å². The van der Waals surface area contributed by atoms with Crippen molar-refractivity contribution in [1.29, 1.82) is 5.26 Å². The lowest BCUT2D eigenvalue weighted by atomic mass is 10.1. The average Bonchev–Trinajstić information content (AvgIpc) is 2.71. The summed E-state index contributed by atoms with van der Waals surface area (Å²) in [6.07, 6.45) is 0.850. The first-order chi connectivity index (χ1) is 9.37. The van der Waals surface area contributed by atoms with Crippen LogP contribution in [0.3, 0.4) is 0 Å². The molecule has 0 bridgehead atoms. The van der Waals surface area contributed by atoms with Gasteiger partial charge in [0, 0.05) is 12.8 Å². The first kappa shape index (κ1) is 14.7. The second-order valence-corrected chi connectivity index (χ2v) is 7.40. The highest BCUT2D eigenvalue weighted by molar-refractivity contribution is 7.93. The van der Waals surface area contributed by atoms with Crippen LogP contribution in [0.2, 0.25) is 0 Å². The number of aryl methyl sites for hydroxylation is 2. The lowest BCUT2D eigenvalue weighted by molar-refractivity contribution is -0.117. The third kappa shape index (κ3) is 2.48. The predicted octanol–water partition coefficient (Wildman–Crippen LogP) is 2.34. The van der Waals surface area contributed by atoms with Gasteiger partial charge in [-0.2, -0.15) is 5.26 Å². The number of nitriles is 1. The molecule has 5 heteroatoms. The maximum absolute atomic E-state index is 12.7. The molecule has 2 atom stereocenters. The molecule has 106 valence electrons. The maximum Gasteiger partial charge on any atom is 0.188 e. The quantitative estimate of drug-likeness (QED) is 0.856. The van der Waals surface area contributed by atoms with E-state index in [1.165, 1.54) is 0 Å². The van der Waals surface area contributed by atoms with Crippen molar-refractivity contribution in [2.24, 2.45) is 5.92 Å². The summed E-state index contributed by atoms with van der Waals surface area (Å²) in [5.41, 5.74) is 1.63. The Morgan fingerprint density at radius 2 is 2.05 bits per heavy atom. The molecule has 0 aromatic heterocycles. The highest BCUT2D eigenvalue weighted by Crippen LogP contribution is 2.35. The smallest absolute Gasteiger partial charge is 0.188 e. The summed E-state index contributed by atoms with van der Waals surface area (Å²) in [5.74, 6) is -0.636. The van der Waals surface area contributed by atoms with Crippen LogP contribution in [0.4, 0.5) is 0 Å². The van der Waals surface area contributed by atoms with Gasteiger partial charge in [0.05, 0.1) is 11.0 Å². The van der Waals surface area contributed by atoms with Gasteiger partial charge in [-0.1, -0.05) is 17.7 Å². The van der Waals surface area contributed by atoms with E-state index in [0.29, 0.717) is 12.0 Å². The molecule has 0 radical (unpaired) electrons. The third-order valence-electron chi connectivity index (χ3n) is 3.83. The molecular weight excluding hydrogens is 274 g/mol. The van der Waals surface area contributed by atoms with Gasteiger partial charge >= 0.3 is 0 Å². The minimum atomic E-state index is -3.71. The zero-order chi connectivity index (χ0) is 14.9. The Balaban J connectivity index is 2.48. The number of benzene rings is 1. The molecule has 0 amide bonds. The summed E-state index contributed by atoms with van der Waals surface area (Å²) in [7, 11) is -3.71. The van der Waals surface area contributed by atoms with Crippen molar-refractivity contribution in [2.45, 2.75) is 43.3 Å². The van der Waals surface area contributed by atoms with Crippen LogP contribution in [0.15, 0.2) is 23.1 Å². The van der Waals surface area contributed by atoms with Crippen LogP contribution in [-0.2, 0) is 14.6 Å². The number of Topliss-reactive ketones (excluding diaryl/α,β-unsaturated/α-hetero) is 1. The molecule has 1 aromatic rings. The van der Waals surface area contributed by atoms with Gasteiger partial charge < -0.3 is 0 Å². The van der Waals surface area contributed by atoms with E-state index >= 15 is 0 Å². The van der Waals surface area contributed by atoms with Crippen molar-refractivity contribution in [3.05, 3.63) is 29.3 Å². The van der Waals surface area contributed by atoms with Crippen LogP contribution in [0.5, 0.6) is 0 Å². The van der Waals surface area contributed by atoms with Crippen LogP contribution >= 0.6 is 0 Å². The van der Waals surface area contributed by atoms with Crippen molar-refractivity contribution in [3.8, 4) is 6.07 Å². The fourth-order valence-corrected chi connectivity index (χ4v) is 5.13. The van der Waals surface area contributed by atoms with E-state index in [1.807, 2.05) is 13.0 Å². The zero-order valence-electron chi connectivity index (χ0n) is 11.6. The van der Waals surface area contributed by atoms with E-state index in [9.17, 15) is 13.2 Å². The molecule has 0 heterocycles. The molecule has 1 aliphatic rings. The number of hydrogen-bond acceptors (Lipinski definition) is 4. The van der Waals surface area contributed by atoms with E-state index in [0.717, 1.165) is 5.56 Å². The highest BCUT2D eigenvalue weighted by Gasteiger charge is 2.44. The molecule has 1 saturated carbocycles. The summed E-state index contributed by atoms with van der Waals surface area (Å²) >= 11 is 0. The summed E-state index contributed by atoms with van der Waals surface area (Å²) in [6, 6.07) is 7.09. The first-order valence-corrected chi connectivity index (χ1v) is 8.13. The fraction of sp³-hybridized carbons (Fsp3) is 0.467. The largest absolute Gasteiger partial charge is 0.298 e. The topological polar surface area (TPSA) is 75.0 Å². The molecule has 1 aromatic carbocycles. The van der Waals surface area contributed by atoms with E-state index in [2.05, 4.69) is 0 Å². The van der Waals surface area contributed by atoms with Gasteiger partial charge in [-0.15, -0.1) is 0 Å². The number of nitrogens with zero attached hydrogens (tertiary/aromatic N) is 1. The molecule has 0 saturated heterocycles. The number of ketones is 1. The van der Waals surface area contributed by atoms with Crippen LogP contribution in [0, 0.1) is 31.1 Å². The molecule has 4 nitrogen and oxygen atoms in total. The Morgan fingerprint density at radius 3 is 2.65 bits per heavy atom. The normalized spacial score (nSPS) is 22.8. The SMILES string of the molecule is Cc1ccc(S(=O)(=O)[C@H]2C(=O)CC[C@@H]2CC#N)c(C)c1. The van der Waals surface area contributed by atoms with E-state index in [1.54, 1.807) is 25.1 Å². The van der Waals surface area contributed by atoms with Gasteiger partial charge in [0.1, 0.15) is 5.25 Å². The molecular formula is C15H17NO3S. The van der Waals surface area contributed by atoms with Crippen LogP contribution in [-0.4, -0.2) is 19.5 Å². The zero-order valence-corrected chi connectivity index (χ0v) is 12.4. The number of hydrogen-bond donors (Lipinski definition) is 0. The van der Waals surface area contributed by atoms with Crippen molar-refractivity contribution in [2.75, 3.05) is 0 Å². The minimum absolute atomic E-state index is 0.112. The lowest BCUT2D eigenvalue weighted by Gasteiger charge is -2.18. The van der Waals surface area contributed by atoms with Crippen LogP contribution in [0.1, 0.15) is 30.4 Å². The van der Waals surface area contributed by atoms with Crippen LogP contribution < -0.4 is 0 Å². The monoisotopic (exact) mass is 291 g/mol. The van der Waals surface area contributed by atoms with E-state index in [4.69, 9.17) is 5.26 Å². The molecule has 20 heavy (non-hydrogen) atoms. The van der Waals surface area contributed by atoms with Gasteiger partial charge in [-0.25, -0.2) is 8.42 Å². The van der Waals surface area contributed by atoms with E-state index in [-0.39, 0.29) is 29.4 Å². The summed E-state index contributed by atoms with van der Waals surface area (Å²) in [6.45, 7) is 3.63. The Hall–Kier alpha value is -1.67. The molecule has 0 aliphatic heterocycles. The fourth-order valence-electron chi connectivity index (χ4n) is 2.89. The summed E-state index contributed by atoms with van der Waals surface area (Å²) in [5, 5.41) is 7.75. The van der Waals surface area contributed by atoms with Crippen molar-refractivity contribution >= 4 is 15.6 Å². The molecule has 0 unspecified atom stereocenters. The van der Waals surface area contributed by atoms with Gasteiger partial charge in [-0.05, 0) is 37.8 Å². The molecule has 1 fully saturated rings. The lowest BCUT2D eigenvalue weighted by Crippen LogP contribution is -2.32. The Bertz CT molecular complexity index is 686. The number of carbonyl (C=O) groups is 1. The summed E-state index contributed by atoms with van der Waals surface area (Å²) < 4.78 is 25.5. The number of sulfone groups is 1. The number of carbonyl (C=O) groups excluding carboxylic acids is 1. The van der Waals surface area contributed by atoms with Crippen molar-refractivity contribution in [3.63, 3.8) is 0 Å². The Kier molecular flexibility index (Phi) is 3.96. The molecule has 0 spiro atoms. The average molecular weight is 291 g/mol. The third-order valence-corrected chi connectivity index (χ3v) is 6.22. The van der Waals surface area contributed by atoms with Gasteiger partial charge in [-0.3, -0.25) is 4.79 Å². The molecule has 1 aliphatic carbocycles. The van der Waals surface area contributed by atoms with Gasteiger partial charge in [0.2, 0.25) is 0 Å². The summed E-state index contributed by atoms with van der Waals surface area (Å²) in [4.78, 5) is 12.2.